The molecule has 0 atom stereocenters. The largest absolute Gasteiger partial charge is 0.350 e. The lowest BCUT2D eigenvalue weighted by Crippen LogP contribution is -1.87. The van der Waals surface area contributed by atoms with E-state index in [9.17, 15) is 0 Å². The van der Waals surface area contributed by atoms with E-state index in [1.54, 1.807) is 0 Å². The van der Waals surface area contributed by atoms with Gasteiger partial charge in [0.25, 0.3) is 0 Å². The fraction of sp³-hybridized carbons (Fsp3) is 0.0435. The van der Waals surface area contributed by atoms with Crippen LogP contribution in [0.25, 0.3) is 22.6 Å². The van der Waals surface area contributed by atoms with Crippen LogP contribution in [0.3, 0.4) is 0 Å². The third kappa shape index (κ3) is 2.65. The van der Waals surface area contributed by atoms with E-state index in [1.807, 2.05) is 0 Å². The van der Waals surface area contributed by atoms with Crippen molar-refractivity contribution in [2.75, 3.05) is 0 Å². The quantitative estimate of drug-likeness (QED) is 0.424. The maximum absolute atomic E-state index is 2.27. The van der Waals surface area contributed by atoms with Gasteiger partial charge in [-0.15, -0.1) is 0 Å². The number of aromatic nitrogens is 1. The normalized spacial score (nSPS) is 11.8. The summed E-state index contributed by atoms with van der Waals surface area (Å²) in [6.07, 6.45) is 4.50. The first-order valence-corrected chi connectivity index (χ1v) is 8.19. The Morgan fingerprint density at radius 3 is 2.12 bits per heavy atom. The molecule has 0 amide bonds. The minimum atomic E-state index is 1.21. The molecule has 0 spiro atoms. The zero-order valence-electron chi connectivity index (χ0n) is 13.7. The molecule has 3 aromatic carbocycles. The summed E-state index contributed by atoms with van der Waals surface area (Å²) in [7, 11) is 2.11. The highest BCUT2D eigenvalue weighted by Gasteiger charge is 2.12. The summed E-state index contributed by atoms with van der Waals surface area (Å²) in [5.74, 6) is 0. The van der Waals surface area contributed by atoms with E-state index >= 15 is 0 Å². The molecule has 1 nitrogen and oxygen atoms in total. The van der Waals surface area contributed by atoms with Gasteiger partial charge in [-0.25, -0.2) is 0 Å². The Balaban J connectivity index is 1.98. The van der Waals surface area contributed by atoms with Crippen LogP contribution in [0.5, 0.6) is 0 Å². The first-order chi connectivity index (χ1) is 11.8. The van der Waals surface area contributed by atoms with Crippen molar-refractivity contribution in [1.82, 2.24) is 4.57 Å². The van der Waals surface area contributed by atoms with Crippen LogP contribution in [0.1, 0.15) is 16.7 Å². The highest BCUT2D eigenvalue weighted by Crippen LogP contribution is 2.32. The maximum atomic E-state index is 2.27. The summed E-state index contributed by atoms with van der Waals surface area (Å²) in [5.41, 5.74) is 6.21. The SMILES string of the molecule is Cn1cc(/C(=C\c2ccccc2)c2ccccc2)c2ccccc21. The highest BCUT2D eigenvalue weighted by molar-refractivity contribution is 6.02. The van der Waals surface area contributed by atoms with Gasteiger partial charge in [0.1, 0.15) is 0 Å². The number of fused-ring (bicyclic) bond motifs is 1. The Hall–Kier alpha value is -3.06. The van der Waals surface area contributed by atoms with Gasteiger partial charge in [-0.1, -0.05) is 78.9 Å². The van der Waals surface area contributed by atoms with E-state index in [4.69, 9.17) is 0 Å². The van der Waals surface area contributed by atoms with Crippen LogP contribution in [-0.4, -0.2) is 4.57 Å². The minimum Gasteiger partial charge on any atom is -0.350 e. The second-order valence-electron chi connectivity index (χ2n) is 6.01. The number of para-hydroxylation sites is 1. The molecule has 24 heavy (non-hydrogen) atoms. The molecule has 0 fully saturated rings. The van der Waals surface area contributed by atoms with E-state index in [0.29, 0.717) is 0 Å². The van der Waals surface area contributed by atoms with Crippen molar-refractivity contribution in [1.29, 1.82) is 0 Å². The van der Waals surface area contributed by atoms with Crippen molar-refractivity contribution in [3.8, 4) is 0 Å². The number of hydrogen-bond acceptors (Lipinski definition) is 0. The lowest BCUT2D eigenvalue weighted by atomic mass is 9.95. The van der Waals surface area contributed by atoms with Crippen LogP contribution in [0.2, 0.25) is 0 Å². The second-order valence-corrected chi connectivity index (χ2v) is 6.01. The molecule has 0 aliphatic carbocycles. The number of rotatable bonds is 3. The molecule has 4 rings (SSSR count). The van der Waals surface area contributed by atoms with Crippen LogP contribution in [0, 0.1) is 0 Å². The smallest absolute Gasteiger partial charge is 0.0484 e. The van der Waals surface area contributed by atoms with Crippen LogP contribution in [-0.2, 0) is 7.05 Å². The first kappa shape index (κ1) is 14.5. The summed E-state index contributed by atoms with van der Waals surface area (Å²) in [6.45, 7) is 0. The molecule has 0 radical (unpaired) electrons. The highest BCUT2D eigenvalue weighted by atomic mass is 14.9. The van der Waals surface area contributed by atoms with E-state index in [0.717, 1.165) is 0 Å². The van der Waals surface area contributed by atoms with Gasteiger partial charge in [0.2, 0.25) is 0 Å². The van der Waals surface area contributed by atoms with Crippen LogP contribution < -0.4 is 0 Å². The number of hydrogen-bond donors (Lipinski definition) is 0. The molecule has 0 saturated carbocycles. The fourth-order valence-electron chi connectivity index (χ4n) is 3.21. The lowest BCUT2D eigenvalue weighted by molar-refractivity contribution is 0.967. The molecule has 0 aliphatic rings. The van der Waals surface area contributed by atoms with Crippen molar-refractivity contribution in [2.45, 2.75) is 0 Å². The van der Waals surface area contributed by atoms with Gasteiger partial charge in [0.05, 0.1) is 0 Å². The monoisotopic (exact) mass is 309 g/mol. The summed E-state index contributed by atoms with van der Waals surface area (Å²) < 4.78 is 2.20. The maximum Gasteiger partial charge on any atom is 0.0484 e. The minimum absolute atomic E-state index is 1.21. The average Bonchev–Trinajstić information content (AvgIpc) is 2.98. The average molecular weight is 309 g/mol. The predicted molar refractivity (Wildman–Crippen MR) is 103 cm³/mol. The molecule has 1 aromatic heterocycles. The molecule has 1 heteroatoms. The Bertz CT molecular complexity index is 992. The Kier molecular flexibility index (Phi) is 3.76. The molecular formula is C23H19N. The van der Waals surface area contributed by atoms with E-state index in [-0.39, 0.29) is 0 Å². The van der Waals surface area contributed by atoms with Gasteiger partial charge in [0.15, 0.2) is 0 Å². The van der Waals surface area contributed by atoms with Crippen LogP contribution in [0.4, 0.5) is 0 Å². The van der Waals surface area contributed by atoms with Crippen molar-refractivity contribution in [3.05, 3.63) is 108 Å². The number of aryl methyl sites for hydroxylation is 1. The van der Waals surface area contributed by atoms with Gasteiger partial charge in [-0.3, -0.25) is 0 Å². The van der Waals surface area contributed by atoms with E-state index < -0.39 is 0 Å². The molecule has 4 aromatic rings. The summed E-state index contributed by atoms with van der Waals surface area (Å²) in [4.78, 5) is 0. The first-order valence-electron chi connectivity index (χ1n) is 8.19. The van der Waals surface area contributed by atoms with Gasteiger partial charge in [0, 0.05) is 29.7 Å². The van der Waals surface area contributed by atoms with Crippen LogP contribution >= 0.6 is 0 Å². The third-order valence-corrected chi connectivity index (χ3v) is 4.38. The molecular weight excluding hydrogens is 290 g/mol. The summed E-state index contributed by atoms with van der Waals surface area (Å²) >= 11 is 0. The van der Waals surface area contributed by atoms with Crippen molar-refractivity contribution >= 4 is 22.6 Å². The van der Waals surface area contributed by atoms with Gasteiger partial charge in [-0.2, -0.15) is 0 Å². The zero-order chi connectivity index (χ0) is 16.4. The van der Waals surface area contributed by atoms with Crippen molar-refractivity contribution < 1.29 is 0 Å². The number of nitrogens with zero attached hydrogens (tertiary/aromatic N) is 1. The molecule has 0 saturated heterocycles. The van der Waals surface area contributed by atoms with Gasteiger partial charge in [-0.05, 0) is 28.8 Å². The number of benzene rings is 3. The molecule has 0 unspecified atom stereocenters. The fourth-order valence-corrected chi connectivity index (χ4v) is 3.21. The topological polar surface area (TPSA) is 4.93 Å². The summed E-state index contributed by atoms with van der Waals surface area (Å²) in [6, 6.07) is 29.7. The zero-order valence-corrected chi connectivity index (χ0v) is 13.7. The van der Waals surface area contributed by atoms with Gasteiger partial charge >= 0.3 is 0 Å². The van der Waals surface area contributed by atoms with Crippen molar-refractivity contribution in [2.24, 2.45) is 7.05 Å². The molecule has 0 N–H and O–H groups in total. The molecule has 0 bridgehead atoms. The lowest BCUT2D eigenvalue weighted by Gasteiger charge is -2.08. The van der Waals surface area contributed by atoms with E-state index in [1.165, 1.54) is 33.2 Å². The Labute approximate surface area is 142 Å². The Morgan fingerprint density at radius 2 is 1.38 bits per heavy atom. The third-order valence-electron chi connectivity index (χ3n) is 4.38. The molecule has 1 heterocycles. The molecule has 116 valence electrons. The molecule has 0 aliphatic heterocycles. The van der Waals surface area contributed by atoms with Gasteiger partial charge < -0.3 is 4.57 Å². The Morgan fingerprint density at radius 1 is 0.750 bits per heavy atom. The predicted octanol–water partition coefficient (Wildman–Crippen LogP) is 5.77. The summed E-state index contributed by atoms with van der Waals surface area (Å²) in [5, 5.41) is 1.28. The second kappa shape index (κ2) is 6.21. The standard InChI is InChI=1S/C23H19N/c1-24-17-22(20-14-8-9-15-23(20)24)21(19-12-6-3-7-13-19)16-18-10-4-2-5-11-18/h2-17H,1H3/b21-16-. The van der Waals surface area contributed by atoms with E-state index in [2.05, 4.69) is 109 Å². The van der Waals surface area contributed by atoms with Crippen LogP contribution in [0.15, 0.2) is 91.1 Å². The van der Waals surface area contributed by atoms with Crippen molar-refractivity contribution in [3.63, 3.8) is 0 Å².